The van der Waals surface area contributed by atoms with Crippen molar-refractivity contribution in [1.29, 1.82) is 0 Å². The second-order valence-electron chi connectivity index (χ2n) is 8.64. The first-order valence-electron chi connectivity index (χ1n) is 11.5. The molecule has 0 N–H and O–H groups in total. The van der Waals surface area contributed by atoms with Crippen molar-refractivity contribution in [3.8, 4) is 11.5 Å². The number of aromatic nitrogens is 1. The molecule has 1 aromatic heterocycles. The van der Waals surface area contributed by atoms with Gasteiger partial charge in [-0.25, -0.2) is 0 Å². The first-order chi connectivity index (χ1) is 15.2. The number of piperidine rings is 1. The van der Waals surface area contributed by atoms with Crippen LogP contribution >= 0.6 is 0 Å². The summed E-state index contributed by atoms with van der Waals surface area (Å²) in [6, 6.07) is 14.2. The quantitative estimate of drug-likeness (QED) is 0.491. The highest BCUT2D eigenvalue weighted by molar-refractivity contribution is 5.95. The van der Waals surface area contributed by atoms with Gasteiger partial charge in [-0.1, -0.05) is 38.0 Å². The Kier molecular flexibility index (Phi) is 5.58. The summed E-state index contributed by atoms with van der Waals surface area (Å²) in [7, 11) is 0. The van der Waals surface area contributed by atoms with Crippen LogP contribution in [-0.2, 0) is 6.54 Å². The summed E-state index contributed by atoms with van der Waals surface area (Å²) in [5, 5.41) is 1.37. The van der Waals surface area contributed by atoms with E-state index in [-0.39, 0.29) is 12.7 Å². The third-order valence-corrected chi connectivity index (χ3v) is 6.66. The van der Waals surface area contributed by atoms with Crippen molar-refractivity contribution in [3.63, 3.8) is 0 Å². The molecule has 0 aliphatic carbocycles. The molecule has 31 heavy (non-hydrogen) atoms. The Morgan fingerprint density at radius 2 is 1.84 bits per heavy atom. The lowest BCUT2D eigenvalue weighted by Gasteiger charge is -2.32. The van der Waals surface area contributed by atoms with Gasteiger partial charge in [-0.05, 0) is 55.0 Å². The number of unbranched alkanes of at least 4 members (excludes halogenated alkanes) is 2. The first-order valence-corrected chi connectivity index (χ1v) is 11.5. The second kappa shape index (κ2) is 8.66. The number of ether oxygens (including phenoxy) is 2. The molecule has 5 nitrogen and oxygen atoms in total. The summed E-state index contributed by atoms with van der Waals surface area (Å²) in [4.78, 5) is 15.0. The fourth-order valence-electron chi connectivity index (χ4n) is 4.92. The minimum absolute atomic E-state index is 0.0822. The van der Waals surface area contributed by atoms with E-state index in [0.717, 1.165) is 32.5 Å². The van der Waals surface area contributed by atoms with Crippen LogP contribution < -0.4 is 9.47 Å². The number of likely N-dealkylation sites (tertiary alicyclic amines) is 1. The zero-order valence-electron chi connectivity index (χ0n) is 18.2. The van der Waals surface area contributed by atoms with Gasteiger partial charge in [-0.3, -0.25) is 4.79 Å². The number of fused-ring (bicyclic) bond motifs is 2. The monoisotopic (exact) mass is 418 g/mol. The molecule has 2 aliphatic heterocycles. The number of nitrogens with zero attached hydrogens (tertiary/aromatic N) is 2. The van der Waals surface area contributed by atoms with Crippen LogP contribution in [0.5, 0.6) is 11.5 Å². The summed E-state index contributed by atoms with van der Waals surface area (Å²) in [5.74, 6) is 1.96. The molecule has 0 atom stereocenters. The third-order valence-electron chi connectivity index (χ3n) is 6.66. The Morgan fingerprint density at radius 3 is 2.68 bits per heavy atom. The Hall–Kier alpha value is -2.95. The normalized spacial score (nSPS) is 16.2. The maximum atomic E-state index is 13.0. The lowest BCUT2D eigenvalue weighted by molar-refractivity contribution is 0.0713. The van der Waals surface area contributed by atoms with Crippen molar-refractivity contribution in [3.05, 3.63) is 59.8 Å². The fraction of sp³-hybridized carbons (Fsp3) is 0.423. The highest BCUT2D eigenvalue weighted by Crippen LogP contribution is 2.36. The average molecular weight is 419 g/mol. The summed E-state index contributed by atoms with van der Waals surface area (Å²) in [6.07, 6.45) is 8.10. The third kappa shape index (κ3) is 3.89. The molecule has 1 fully saturated rings. The number of benzene rings is 2. The summed E-state index contributed by atoms with van der Waals surface area (Å²) >= 11 is 0. The molecule has 5 rings (SSSR count). The first kappa shape index (κ1) is 20.0. The van der Waals surface area contributed by atoms with Crippen molar-refractivity contribution in [2.45, 2.75) is 51.5 Å². The van der Waals surface area contributed by atoms with Gasteiger partial charge in [0.15, 0.2) is 11.5 Å². The number of carbonyl (C=O) groups excluding carboxylic acids is 1. The van der Waals surface area contributed by atoms with Crippen LogP contribution in [0, 0.1) is 0 Å². The second-order valence-corrected chi connectivity index (χ2v) is 8.64. The number of carbonyl (C=O) groups is 1. The maximum Gasteiger partial charge on any atom is 0.253 e. The molecular formula is C26H30N2O3. The van der Waals surface area contributed by atoms with E-state index < -0.39 is 0 Å². The molecule has 0 spiro atoms. The smallest absolute Gasteiger partial charge is 0.253 e. The molecule has 5 heteroatoms. The Bertz CT molecular complexity index is 1080. The van der Waals surface area contributed by atoms with Gasteiger partial charge in [0.1, 0.15) is 0 Å². The molecule has 0 unspecified atom stereocenters. The van der Waals surface area contributed by atoms with E-state index in [1.807, 2.05) is 17.0 Å². The predicted octanol–water partition coefficient (Wildman–Crippen LogP) is 5.58. The van der Waals surface area contributed by atoms with E-state index in [1.165, 1.54) is 35.7 Å². The van der Waals surface area contributed by atoms with Crippen LogP contribution in [0.3, 0.4) is 0 Å². The van der Waals surface area contributed by atoms with Gasteiger partial charge < -0.3 is 18.9 Å². The summed E-state index contributed by atoms with van der Waals surface area (Å²) in [6.45, 7) is 5.12. The fourth-order valence-corrected chi connectivity index (χ4v) is 4.92. The molecule has 2 aromatic carbocycles. The lowest BCUT2D eigenvalue weighted by Crippen LogP contribution is -2.37. The van der Waals surface area contributed by atoms with Gasteiger partial charge in [0.25, 0.3) is 5.91 Å². The van der Waals surface area contributed by atoms with Crippen LogP contribution in [0.2, 0.25) is 0 Å². The van der Waals surface area contributed by atoms with E-state index in [2.05, 4.69) is 42.0 Å². The zero-order chi connectivity index (χ0) is 21.2. The van der Waals surface area contributed by atoms with Gasteiger partial charge in [0, 0.05) is 42.3 Å². The Balaban J connectivity index is 1.29. The summed E-state index contributed by atoms with van der Waals surface area (Å²) in [5.41, 5.74) is 3.46. The molecule has 0 saturated carbocycles. The largest absolute Gasteiger partial charge is 0.454 e. The van der Waals surface area contributed by atoms with E-state index in [1.54, 1.807) is 6.07 Å². The van der Waals surface area contributed by atoms with Crippen molar-refractivity contribution in [1.82, 2.24) is 9.47 Å². The zero-order valence-corrected chi connectivity index (χ0v) is 18.2. The highest BCUT2D eigenvalue weighted by Gasteiger charge is 2.27. The number of rotatable bonds is 6. The molecule has 0 bridgehead atoms. The van der Waals surface area contributed by atoms with E-state index in [9.17, 15) is 4.79 Å². The lowest BCUT2D eigenvalue weighted by atomic mass is 9.89. The maximum absolute atomic E-state index is 13.0. The van der Waals surface area contributed by atoms with Crippen molar-refractivity contribution >= 4 is 16.8 Å². The number of hydrogen-bond acceptors (Lipinski definition) is 3. The van der Waals surface area contributed by atoms with E-state index in [0.29, 0.717) is 23.0 Å². The molecule has 1 saturated heterocycles. The van der Waals surface area contributed by atoms with Crippen LogP contribution in [0.4, 0.5) is 0 Å². The molecular weight excluding hydrogens is 388 g/mol. The van der Waals surface area contributed by atoms with Gasteiger partial charge in [-0.15, -0.1) is 0 Å². The minimum atomic E-state index is 0.0822. The van der Waals surface area contributed by atoms with Crippen molar-refractivity contribution < 1.29 is 14.3 Å². The molecule has 162 valence electrons. The number of para-hydroxylation sites is 1. The molecule has 1 amide bonds. The predicted molar refractivity (Wildman–Crippen MR) is 122 cm³/mol. The molecule has 3 aromatic rings. The van der Waals surface area contributed by atoms with Gasteiger partial charge in [0.05, 0.1) is 0 Å². The SMILES string of the molecule is CCCCCn1cc(C2CCN(C(=O)c3ccc4c(c3)OCO4)CC2)c2ccccc21. The Labute approximate surface area is 183 Å². The molecule has 0 radical (unpaired) electrons. The van der Waals surface area contributed by atoms with E-state index in [4.69, 9.17) is 9.47 Å². The van der Waals surface area contributed by atoms with Crippen LogP contribution in [0.15, 0.2) is 48.7 Å². The average Bonchev–Trinajstić information content (AvgIpc) is 3.43. The topological polar surface area (TPSA) is 43.7 Å². The Morgan fingerprint density at radius 1 is 1.03 bits per heavy atom. The van der Waals surface area contributed by atoms with Crippen LogP contribution in [0.25, 0.3) is 10.9 Å². The van der Waals surface area contributed by atoms with Crippen LogP contribution in [-0.4, -0.2) is 35.3 Å². The number of hydrogen-bond donors (Lipinski definition) is 0. The minimum Gasteiger partial charge on any atom is -0.454 e. The highest BCUT2D eigenvalue weighted by atomic mass is 16.7. The van der Waals surface area contributed by atoms with E-state index >= 15 is 0 Å². The summed E-state index contributed by atoms with van der Waals surface area (Å²) < 4.78 is 13.2. The standard InChI is InChI=1S/C26H30N2O3/c1-2-3-6-13-28-17-22(21-7-4-5-8-23(21)28)19-11-14-27(15-12-19)26(29)20-9-10-24-25(16-20)31-18-30-24/h4-5,7-10,16-17,19H,2-3,6,11-15,18H2,1H3. The molecule has 2 aliphatic rings. The van der Waals surface area contributed by atoms with Gasteiger partial charge >= 0.3 is 0 Å². The van der Waals surface area contributed by atoms with Gasteiger partial charge in [0.2, 0.25) is 6.79 Å². The number of aryl methyl sites for hydroxylation is 1. The van der Waals surface area contributed by atoms with Gasteiger partial charge in [-0.2, -0.15) is 0 Å². The van der Waals surface area contributed by atoms with Crippen molar-refractivity contribution in [2.75, 3.05) is 19.9 Å². The number of amides is 1. The van der Waals surface area contributed by atoms with Crippen LogP contribution in [0.1, 0.15) is 60.9 Å². The van der Waals surface area contributed by atoms with Crippen molar-refractivity contribution in [2.24, 2.45) is 0 Å². The molecule has 3 heterocycles.